The van der Waals surface area contributed by atoms with Gasteiger partial charge in [0.25, 0.3) is 0 Å². The Labute approximate surface area is 81.7 Å². The molecule has 2 heterocycles. The number of fused-ring (bicyclic) bond motifs is 1. The van der Waals surface area contributed by atoms with E-state index in [1.165, 1.54) is 29.0 Å². The Morgan fingerprint density at radius 3 is 3.08 bits per heavy atom. The summed E-state index contributed by atoms with van der Waals surface area (Å²) in [6.45, 7) is 0.698. The van der Waals surface area contributed by atoms with Crippen molar-refractivity contribution >= 4 is 11.3 Å². The molecule has 0 aromatic carbocycles. The first-order valence-corrected chi connectivity index (χ1v) is 5.71. The molecule has 1 aliphatic carbocycles. The third-order valence-corrected chi connectivity index (χ3v) is 3.76. The minimum absolute atomic E-state index is 0.207. The van der Waals surface area contributed by atoms with Gasteiger partial charge in [-0.25, -0.2) is 0 Å². The number of hydrogen-bond acceptors (Lipinski definition) is 3. The summed E-state index contributed by atoms with van der Waals surface area (Å²) >= 11 is 1.82. The van der Waals surface area contributed by atoms with Gasteiger partial charge in [-0.3, -0.25) is 0 Å². The fraction of sp³-hybridized carbons (Fsp3) is 0.600. The third-order valence-electron chi connectivity index (χ3n) is 2.75. The van der Waals surface area contributed by atoms with Crippen LogP contribution in [0.1, 0.15) is 29.2 Å². The molecule has 0 spiro atoms. The molecule has 2 aliphatic rings. The van der Waals surface area contributed by atoms with Crippen molar-refractivity contribution in [2.45, 2.75) is 31.2 Å². The molecule has 1 aromatic heterocycles. The van der Waals surface area contributed by atoms with E-state index in [9.17, 15) is 0 Å². The van der Waals surface area contributed by atoms with Crippen LogP contribution in [0.2, 0.25) is 0 Å². The van der Waals surface area contributed by atoms with Crippen molar-refractivity contribution < 1.29 is 4.74 Å². The average Bonchev–Trinajstić information content (AvgIpc) is 2.87. The maximum Gasteiger partial charge on any atom is 0.136 e. The summed E-state index contributed by atoms with van der Waals surface area (Å²) in [6.07, 6.45) is 3.70. The lowest BCUT2D eigenvalue weighted by atomic mass is 10.1. The number of ether oxygens (including phenoxy) is 1. The van der Waals surface area contributed by atoms with Crippen LogP contribution in [0.4, 0.5) is 0 Å². The van der Waals surface area contributed by atoms with E-state index < -0.39 is 0 Å². The second-order valence-corrected chi connectivity index (χ2v) is 4.96. The van der Waals surface area contributed by atoms with Crippen LogP contribution in [-0.2, 0) is 6.42 Å². The van der Waals surface area contributed by atoms with E-state index in [0.717, 1.165) is 12.3 Å². The van der Waals surface area contributed by atoms with Gasteiger partial charge in [0, 0.05) is 22.9 Å². The van der Waals surface area contributed by atoms with E-state index in [4.69, 9.17) is 10.5 Å². The van der Waals surface area contributed by atoms with Crippen LogP contribution < -0.4 is 10.5 Å². The summed E-state index contributed by atoms with van der Waals surface area (Å²) in [5, 5.41) is 2.26. The zero-order valence-corrected chi connectivity index (χ0v) is 8.27. The molecule has 13 heavy (non-hydrogen) atoms. The summed E-state index contributed by atoms with van der Waals surface area (Å²) in [5.41, 5.74) is 7.28. The number of nitrogens with two attached hydrogens (primary N) is 1. The highest BCUT2D eigenvalue weighted by molar-refractivity contribution is 7.10. The minimum Gasteiger partial charge on any atom is -0.490 e. The topological polar surface area (TPSA) is 35.2 Å². The van der Waals surface area contributed by atoms with E-state index in [2.05, 4.69) is 5.38 Å². The van der Waals surface area contributed by atoms with Gasteiger partial charge >= 0.3 is 0 Å². The first-order chi connectivity index (χ1) is 6.34. The largest absolute Gasteiger partial charge is 0.490 e. The summed E-state index contributed by atoms with van der Waals surface area (Å²) in [6, 6.07) is 0.207. The smallest absolute Gasteiger partial charge is 0.136 e. The van der Waals surface area contributed by atoms with Crippen molar-refractivity contribution in [2.24, 2.45) is 5.73 Å². The van der Waals surface area contributed by atoms with Crippen molar-refractivity contribution in [1.82, 2.24) is 0 Å². The Bertz CT molecular complexity index is 330. The van der Waals surface area contributed by atoms with Crippen LogP contribution in [0.15, 0.2) is 5.38 Å². The highest BCUT2D eigenvalue weighted by Crippen LogP contribution is 2.48. The van der Waals surface area contributed by atoms with Gasteiger partial charge in [-0.1, -0.05) is 0 Å². The van der Waals surface area contributed by atoms with E-state index in [1.54, 1.807) is 0 Å². The normalized spacial score (nSPS) is 26.7. The lowest BCUT2D eigenvalue weighted by Crippen LogP contribution is -2.33. The summed E-state index contributed by atoms with van der Waals surface area (Å²) < 4.78 is 5.69. The van der Waals surface area contributed by atoms with E-state index >= 15 is 0 Å². The summed E-state index contributed by atoms with van der Waals surface area (Å²) in [5.74, 6) is 1.98. The average molecular weight is 195 g/mol. The Morgan fingerprint density at radius 1 is 1.46 bits per heavy atom. The molecule has 1 fully saturated rings. The fourth-order valence-corrected chi connectivity index (χ4v) is 3.03. The van der Waals surface area contributed by atoms with Gasteiger partial charge < -0.3 is 10.5 Å². The third kappa shape index (κ3) is 1.27. The molecule has 1 atom stereocenters. The van der Waals surface area contributed by atoms with Gasteiger partial charge in [0.1, 0.15) is 12.4 Å². The van der Waals surface area contributed by atoms with Gasteiger partial charge in [-0.2, -0.15) is 0 Å². The number of hydrogen-bond donors (Lipinski definition) is 1. The zero-order chi connectivity index (χ0) is 8.84. The Kier molecular flexibility index (Phi) is 1.64. The monoisotopic (exact) mass is 195 g/mol. The molecule has 70 valence electrons. The van der Waals surface area contributed by atoms with E-state index in [1.807, 2.05) is 11.3 Å². The van der Waals surface area contributed by atoms with Crippen molar-refractivity contribution in [3.63, 3.8) is 0 Å². The second-order valence-electron chi connectivity index (χ2n) is 3.99. The Hall–Kier alpha value is -0.540. The molecule has 2 nitrogen and oxygen atoms in total. The maximum atomic E-state index is 5.83. The van der Waals surface area contributed by atoms with Gasteiger partial charge in [0.2, 0.25) is 0 Å². The zero-order valence-electron chi connectivity index (χ0n) is 7.45. The molecular weight excluding hydrogens is 182 g/mol. The Balaban J connectivity index is 1.97. The fourth-order valence-electron chi connectivity index (χ4n) is 1.87. The predicted octanol–water partition coefficient (Wildman–Crippen LogP) is 1.89. The van der Waals surface area contributed by atoms with Crippen LogP contribution in [0, 0.1) is 0 Å². The first-order valence-electron chi connectivity index (χ1n) is 4.83. The molecule has 3 heteroatoms. The molecule has 0 amide bonds. The highest BCUT2D eigenvalue weighted by Gasteiger charge is 2.31. The minimum atomic E-state index is 0.207. The molecule has 1 aromatic rings. The molecular formula is C10H13NOS. The van der Waals surface area contributed by atoms with Gasteiger partial charge in [-0.15, -0.1) is 11.3 Å². The number of thiophene rings is 1. The van der Waals surface area contributed by atoms with E-state index in [-0.39, 0.29) is 6.04 Å². The summed E-state index contributed by atoms with van der Waals surface area (Å²) in [7, 11) is 0. The standard InChI is InChI=1S/C10H13NOS/c11-7-3-9-10(12-4-7)8(5-13-9)6-1-2-6/h5-7H,1-4,11H2. The summed E-state index contributed by atoms with van der Waals surface area (Å²) in [4.78, 5) is 1.36. The quantitative estimate of drug-likeness (QED) is 0.742. The Morgan fingerprint density at radius 2 is 2.31 bits per heavy atom. The van der Waals surface area contributed by atoms with Gasteiger partial charge in [0.15, 0.2) is 0 Å². The van der Waals surface area contributed by atoms with Crippen LogP contribution >= 0.6 is 11.3 Å². The molecule has 0 saturated heterocycles. The van der Waals surface area contributed by atoms with Gasteiger partial charge in [-0.05, 0) is 24.1 Å². The molecule has 3 rings (SSSR count). The van der Waals surface area contributed by atoms with E-state index in [0.29, 0.717) is 6.61 Å². The van der Waals surface area contributed by atoms with Crippen molar-refractivity contribution in [3.05, 3.63) is 15.8 Å². The molecule has 0 radical (unpaired) electrons. The lowest BCUT2D eigenvalue weighted by molar-refractivity contribution is 0.264. The second kappa shape index (κ2) is 2.72. The molecule has 1 saturated carbocycles. The van der Waals surface area contributed by atoms with Crippen LogP contribution in [-0.4, -0.2) is 12.6 Å². The van der Waals surface area contributed by atoms with Gasteiger partial charge in [0.05, 0.1) is 0 Å². The first kappa shape index (κ1) is 7.83. The highest BCUT2D eigenvalue weighted by atomic mass is 32.1. The lowest BCUT2D eigenvalue weighted by Gasteiger charge is -2.20. The van der Waals surface area contributed by atoms with Crippen LogP contribution in [0.3, 0.4) is 0 Å². The van der Waals surface area contributed by atoms with Crippen molar-refractivity contribution in [2.75, 3.05) is 6.61 Å². The molecule has 0 bridgehead atoms. The SMILES string of the molecule is NC1COc2c(C3CC3)csc2C1. The van der Waals surface area contributed by atoms with Crippen LogP contribution in [0.25, 0.3) is 0 Å². The molecule has 1 aliphatic heterocycles. The molecule has 1 unspecified atom stereocenters. The number of rotatable bonds is 1. The van der Waals surface area contributed by atoms with Crippen LogP contribution in [0.5, 0.6) is 5.75 Å². The molecule has 2 N–H and O–H groups in total. The van der Waals surface area contributed by atoms with Crippen molar-refractivity contribution in [3.8, 4) is 5.75 Å². The van der Waals surface area contributed by atoms with Crippen molar-refractivity contribution in [1.29, 1.82) is 0 Å². The maximum absolute atomic E-state index is 5.83. The predicted molar refractivity (Wildman–Crippen MR) is 53.5 cm³/mol.